The van der Waals surface area contributed by atoms with Crippen molar-refractivity contribution in [1.29, 1.82) is 0 Å². The molecule has 1 rings (SSSR count). The molecule has 0 saturated carbocycles. The van der Waals surface area contributed by atoms with Gasteiger partial charge in [-0.05, 0) is 6.92 Å². The van der Waals surface area contributed by atoms with Gasteiger partial charge >= 0.3 is 12.0 Å². The van der Waals surface area contributed by atoms with E-state index in [-0.39, 0.29) is 0 Å². The van der Waals surface area contributed by atoms with Crippen molar-refractivity contribution < 1.29 is 14.7 Å². The first-order valence-electron chi connectivity index (χ1n) is 4.41. The Morgan fingerprint density at radius 2 is 2.33 bits per heavy atom. The Kier molecular flexibility index (Phi) is 3.67. The van der Waals surface area contributed by atoms with Crippen molar-refractivity contribution in [3.8, 4) is 0 Å². The Labute approximate surface area is 86.1 Å². The maximum absolute atomic E-state index is 11.1. The molecular weight excluding hydrogens is 200 g/mol. The molecule has 0 saturated heterocycles. The van der Waals surface area contributed by atoms with E-state index in [0.29, 0.717) is 12.2 Å². The van der Waals surface area contributed by atoms with Crippen LogP contribution in [0.5, 0.6) is 0 Å². The van der Waals surface area contributed by atoms with Gasteiger partial charge in [-0.1, -0.05) is 0 Å². The summed E-state index contributed by atoms with van der Waals surface area (Å²) in [6.45, 7) is 2.22. The number of nitrogens with one attached hydrogen (secondary N) is 2. The Morgan fingerprint density at radius 3 is 2.87 bits per heavy atom. The quantitative estimate of drug-likeness (QED) is 0.659. The first-order valence-corrected chi connectivity index (χ1v) is 4.41. The molecule has 0 atom stereocenters. The van der Waals surface area contributed by atoms with E-state index in [1.807, 2.05) is 6.92 Å². The number of nitrogens with zero attached hydrogens (tertiary/aromatic N) is 2. The number of anilines is 1. The third kappa shape index (κ3) is 3.67. The number of carboxylic acids is 1. The molecule has 0 unspecified atom stereocenters. The van der Waals surface area contributed by atoms with Gasteiger partial charge in [0.05, 0.1) is 11.9 Å². The van der Waals surface area contributed by atoms with Gasteiger partial charge in [-0.15, -0.1) is 0 Å². The van der Waals surface area contributed by atoms with Gasteiger partial charge in [0, 0.05) is 12.7 Å². The van der Waals surface area contributed by atoms with Crippen molar-refractivity contribution >= 4 is 17.7 Å². The van der Waals surface area contributed by atoms with Crippen LogP contribution in [0.15, 0.2) is 12.4 Å². The van der Waals surface area contributed by atoms with Gasteiger partial charge in [-0.2, -0.15) is 5.10 Å². The molecule has 0 fully saturated rings. The van der Waals surface area contributed by atoms with Crippen LogP contribution in [-0.2, 0) is 11.3 Å². The number of aryl methyl sites for hydroxylation is 1. The predicted molar refractivity (Wildman–Crippen MR) is 52.6 cm³/mol. The van der Waals surface area contributed by atoms with Crippen molar-refractivity contribution in [1.82, 2.24) is 15.1 Å². The minimum Gasteiger partial charge on any atom is -0.480 e. The first-order chi connectivity index (χ1) is 7.11. The van der Waals surface area contributed by atoms with E-state index in [2.05, 4.69) is 15.7 Å². The maximum Gasteiger partial charge on any atom is 0.323 e. The van der Waals surface area contributed by atoms with Crippen molar-refractivity contribution in [3.63, 3.8) is 0 Å². The number of hydrogen-bond donors (Lipinski definition) is 3. The van der Waals surface area contributed by atoms with Crippen LogP contribution in [0.1, 0.15) is 6.92 Å². The average Bonchev–Trinajstić information content (AvgIpc) is 2.62. The molecular formula is C8H12N4O3. The second-order valence-corrected chi connectivity index (χ2v) is 2.79. The van der Waals surface area contributed by atoms with Crippen molar-refractivity contribution in [2.75, 3.05) is 11.9 Å². The molecule has 0 radical (unpaired) electrons. The zero-order chi connectivity index (χ0) is 11.3. The highest BCUT2D eigenvalue weighted by molar-refractivity contribution is 5.90. The summed E-state index contributed by atoms with van der Waals surface area (Å²) in [7, 11) is 0. The van der Waals surface area contributed by atoms with Crippen LogP contribution < -0.4 is 10.6 Å². The van der Waals surface area contributed by atoms with E-state index in [0.717, 1.165) is 0 Å². The number of carbonyl (C=O) groups is 2. The zero-order valence-electron chi connectivity index (χ0n) is 8.23. The first kappa shape index (κ1) is 11.0. The molecule has 0 aliphatic heterocycles. The maximum atomic E-state index is 11.1. The third-order valence-electron chi connectivity index (χ3n) is 1.62. The van der Waals surface area contributed by atoms with Gasteiger partial charge in [0.1, 0.15) is 6.54 Å². The van der Waals surface area contributed by atoms with E-state index in [4.69, 9.17) is 5.11 Å². The van der Waals surface area contributed by atoms with Crippen molar-refractivity contribution in [2.24, 2.45) is 0 Å². The molecule has 1 aromatic heterocycles. The predicted octanol–water partition coefficient (Wildman–Crippen LogP) is 0.109. The Balaban J connectivity index is 2.40. The van der Waals surface area contributed by atoms with Crippen LogP contribution in [0.4, 0.5) is 10.5 Å². The fourth-order valence-electron chi connectivity index (χ4n) is 0.932. The number of carboxylic acid groups (broad SMARTS) is 1. The molecule has 0 aliphatic rings. The summed E-state index contributed by atoms with van der Waals surface area (Å²) in [4.78, 5) is 21.2. The summed E-state index contributed by atoms with van der Waals surface area (Å²) in [5.74, 6) is -1.09. The smallest absolute Gasteiger partial charge is 0.323 e. The fourth-order valence-corrected chi connectivity index (χ4v) is 0.932. The minimum absolute atomic E-state index is 0.409. The number of rotatable bonds is 4. The highest BCUT2D eigenvalue weighted by Gasteiger charge is 2.04. The number of aromatic nitrogens is 2. The van der Waals surface area contributed by atoms with Crippen molar-refractivity contribution in [2.45, 2.75) is 13.5 Å². The number of amides is 2. The number of carbonyl (C=O) groups excluding carboxylic acids is 1. The van der Waals surface area contributed by atoms with Crippen LogP contribution in [0.3, 0.4) is 0 Å². The molecule has 7 heteroatoms. The van der Waals surface area contributed by atoms with Crippen LogP contribution in [0.25, 0.3) is 0 Å². The molecule has 82 valence electrons. The molecule has 15 heavy (non-hydrogen) atoms. The van der Waals surface area contributed by atoms with Crippen molar-refractivity contribution in [3.05, 3.63) is 12.4 Å². The second kappa shape index (κ2) is 4.99. The van der Waals surface area contributed by atoms with Gasteiger partial charge in [0.2, 0.25) is 0 Å². The molecule has 0 bridgehead atoms. The summed E-state index contributed by atoms with van der Waals surface area (Å²) in [5.41, 5.74) is 0.528. The molecule has 3 N–H and O–H groups in total. The van der Waals surface area contributed by atoms with Crippen LogP contribution >= 0.6 is 0 Å². The molecule has 1 heterocycles. The Bertz CT molecular complexity index is 361. The molecule has 0 spiro atoms. The summed E-state index contributed by atoms with van der Waals surface area (Å²) in [6, 6.07) is -0.562. The van der Waals surface area contributed by atoms with E-state index >= 15 is 0 Å². The lowest BCUT2D eigenvalue weighted by Gasteiger charge is -2.02. The van der Waals surface area contributed by atoms with Crippen LogP contribution in [0, 0.1) is 0 Å². The van der Waals surface area contributed by atoms with Gasteiger partial charge in [-0.25, -0.2) is 4.79 Å². The molecule has 2 amide bonds. The topological polar surface area (TPSA) is 96.2 Å². The average molecular weight is 212 g/mol. The summed E-state index contributed by atoms with van der Waals surface area (Å²) in [5, 5.41) is 16.9. The van der Waals surface area contributed by atoms with Gasteiger partial charge in [0.25, 0.3) is 0 Å². The molecule has 0 aliphatic carbocycles. The van der Waals surface area contributed by atoms with Gasteiger partial charge in [0.15, 0.2) is 0 Å². The Morgan fingerprint density at radius 1 is 1.60 bits per heavy atom. The fraction of sp³-hybridized carbons (Fsp3) is 0.375. The van der Waals surface area contributed by atoms with Crippen LogP contribution in [-0.4, -0.2) is 33.4 Å². The van der Waals surface area contributed by atoms with Gasteiger partial charge in [-0.3, -0.25) is 9.48 Å². The lowest BCUT2D eigenvalue weighted by molar-refractivity contribution is -0.135. The number of urea groups is 1. The standard InChI is InChI=1S/C8H12N4O3/c1-2-12-5-6(3-10-12)11-8(15)9-4-7(13)14/h3,5H,2,4H2,1H3,(H,13,14)(H2,9,11,15). The van der Waals surface area contributed by atoms with E-state index in [1.54, 1.807) is 10.9 Å². The highest BCUT2D eigenvalue weighted by Crippen LogP contribution is 2.03. The minimum atomic E-state index is -1.09. The van der Waals surface area contributed by atoms with E-state index < -0.39 is 18.5 Å². The molecule has 0 aromatic carbocycles. The molecule has 1 aromatic rings. The summed E-state index contributed by atoms with van der Waals surface area (Å²) < 4.78 is 1.65. The lowest BCUT2D eigenvalue weighted by atomic mass is 10.5. The summed E-state index contributed by atoms with van der Waals surface area (Å²) in [6.07, 6.45) is 3.14. The number of aliphatic carboxylic acids is 1. The second-order valence-electron chi connectivity index (χ2n) is 2.79. The van der Waals surface area contributed by atoms with Gasteiger partial charge < -0.3 is 15.7 Å². The third-order valence-corrected chi connectivity index (χ3v) is 1.62. The largest absolute Gasteiger partial charge is 0.480 e. The normalized spacial score (nSPS) is 9.67. The van der Waals surface area contributed by atoms with E-state index in [1.165, 1.54) is 6.20 Å². The lowest BCUT2D eigenvalue weighted by Crippen LogP contribution is -2.33. The highest BCUT2D eigenvalue weighted by atomic mass is 16.4. The van der Waals surface area contributed by atoms with Crippen LogP contribution in [0.2, 0.25) is 0 Å². The summed E-state index contributed by atoms with van der Waals surface area (Å²) >= 11 is 0. The number of hydrogen-bond acceptors (Lipinski definition) is 3. The monoisotopic (exact) mass is 212 g/mol. The molecule has 7 nitrogen and oxygen atoms in total. The Hall–Kier alpha value is -2.05. The SMILES string of the molecule is CCn1cc(NC(=O)NCC(=O)O)cn1. The van der Waals surface area contributed by atoms with E-state index in [9.17, 15) is 9.59 Å². The zero-order valence-corrected chi connectivity index (χ0v) is 8.23.